The molecule has 0 saturated carbocycles. The fourth-order valence-electron chi connectivity index (χ4n) is 2.37. The van der Waals surface area contributed by atoms with Gasteiger partial charge in [0.05, 0.1) is 23.8 Å². The highest BCUT2D eigenvalue weighted by Gasteiger charge is 2.06. The minimum atomic E-state index is -0.344. The summed E-state index contributed by atoms with van der Waals surface area (Å²) in [7, 11) is 0. The van der Waals surface area contributed by atoms with Crippen LogP contribution in [0.3, 0.4) is 0 Å². The van der Waals surface area contributed by atoms with E-state index in [-0.39, 0.29) is 10.9 Å². The monoisotopic (exact) mass is 382 g/mol. The molecule has 5 nitrogen and oxygen atoms in total. The van der Waals surface area contributed by atoms with Gasteiger partial charge in [-0.3, -0.25) is 0 Å². The summed E-state index contributed by atoms with van der Waals surface area (Å²) in [5, 5.41) is 8.07. The minimum absolute atomic E-state index is 0.210. The Bertz CT molecular complexity index is 989. The average Bonchev–Trinajstić information content (AvgIpc) is 2.67. The highest BCUT2D eigenvalue weighted by atomic mass is 32.1. The summed E-state index contributed by atoms with van der Waals surface area (Å²) in [6.45, 7) is 2.59. The van der Waals surface area contributed by atoms with E-state index in [1.807, 2.05) is 37.3 Å². The lowest BCUT2D eigenvalue weighted by Crippen LogP contribution is -2.17. The van der Waals surface area contributed by atoms with E-state index in [9.17, 15) is 4.39 Å². The van der Waals surface area contributed by atoms with Crippen LogP contribution in [0.5, 0.6) is 5.88 Å². The van der Waals surface area contributed by atoms with Crippen LogP contribution in [0.1, 0.15) is 13.3 Å². The van der Waals surface area contributed by atoms with Crippen molar-refractivity contribution >= 4 is 23.0 Å². The van der Waals surface area contributed by atoms with Crippen LogP contribution in [-0.2, 0) is 0 Å². The number of anilines is 1. The number of hydrogen-bond donors (Lipinski definition) is 1. The number of para-hydroxylation sites is 1. The fraction of sp³-hybridized carbons (Fsp3) is 0.150. The molecule has 0 bridgehead atoms. The van der Waals surface area contributed by atoms with Gasteiger partial charge in [-0.15, -0.1) is 0 Å². The van der Waals surface area contributed by atoms with Gasteiger partial charge in [0.15, 0.2) is 5.11 Å². The molecule has 0 aliphatic carbocycles. The summed E-state index contributed by atoms with van der Waals surface area (Å²) in [6, 6.07) is 17.5. The summed E-state index contributed by atoms with van der Waals surface area (Å²) >= 11 is 5.24. The maximum absolute atomic E-state index is 13.3. The van der Waals surface area contributed by atoms with Crippen molar-refractivity contribution in [2.75, 3.05) is 11.9 Å². The zero-order valence-corrected chi connectivity index (χ0v) is 15.6. The van der Waals surface area contributed by atoms with Crippen LogP contribution < -0.4 is 15.4 Å². The van der Waals surface area contributed by atoms with Crippen molar-refractivity contribution in [3.63, 3.8) is 0 Å². The molecule has 7 heteroatoms. The molecule has 1 aromatic heterocycles. The first-order chi connectivity index (χ1) is 13.2. The van der Waals surface area contributed by atoms with Crippen LogP contribution in [0, 0.1) is 5.82 Å². The van der Waals surface area contributed by atoms with Gasteiger partial charge in [-0.25, -0.2) is 14.1 Å². The summed E-state index contributed by atoms with van der Waals surface area (Å²) in [5.41, 5.74) is 1.42. The number of thiocarbonyl (C=S) groups is 1. The topological polar surface area (TPSA) is 51.4 Å². The Balaban J connectivity index is 1.89. The molecule has 0 unspecified atom stereocenters. The molecule has 0 atom stereocenters. The maximum Gasteiger partial charge on any atom is 0.217 e. The van der Waals surface area contributed by atoms with E-state index < -0.39 is 0 Å². The molecule has 0 aliphatic rings. The molecule has 0 spiro atoms. The van der Waals surface area contributed by atoms with E-state index in [0.717, 1.165) is 12.1 Å². The third kappa shape index (κ3) is 5.21. The van der Waals surface area contributed by atoms with E-state index >= 15 is 0 Å². The van der Waals surface area contributed by atoms with Gasteiger partial charge in [-0.1, -0.05) is 31.2 Å². The molecule has 27 heavy (non-hydrogen) atoms. The van der Waals surface area contributed by atoms with Gasteiger partial charge >= 0.3 is 0 Å². The number of benzene rings is 2. The molecule has 0 fully saturated rings. The average molecular weight is 382 g/mol. The first-order valence-electron chi connectivity index (χ1n) is 8.54. The van der Waals surface area contributed by atoms with E-state index in [2.05, 4.69) is 15.4 Å². The van der Waals surface area contributed by atoms with Gasteiger partial charge in [0, 0.05) is 11.8 Å². The van der Waals surface area contributed by atoms with Crippen LogP contribution in [0.4, 0.5) is 10.1 Å². The molecule has 1 N–H and O–H groups in total. The molecule has 3 aromatic rings. The molecule has 2 aromatic carbocycles. The Morgan fingerprint density at radius 2 is 2.00 bits per heavy atom. The Kier molecular flexibility index (Phi) is 6.27. The number of aromatic nitrogens is 2. The highest BCUT2D eigenvalue weighted by Crippen LogP contribution is 2.14. The van der Waals surface area contributed by atoms with Gasteiger partial charge in [-0.2, -0.15) is 5.10 Å². The lowest BCUT2D eigenvalue weighted by molar-refractivity contribution is 0.291. The predicted octanol–water partition coefficient (Wildman–Crippen LogP) is 4.10. The highest BCUT2D eigenvalue weighted by molar-refractivity contribution is 7.80. The van der Waals surface area contributed by atoms with E-state index in [4.69, 9.17) is 17.0 Å². The normalized spacial score (nSPS) is 11.3. The van der Waals surface area contributed by atoms with E-state index in [1.54, 1.807) is 29.1 Å². The first-order valence-corrected chi connectivity index (χ1v) is 8.95. The Hall–Kier alpha value is -3.06. The number of rotatable bonds is 5. The predicted molar refractivity (Wildman–Crippen MR) is 108 cm³/mol. The maximum atomic E-state index is 13.3. The Labute approximate surface area is 162 Å². The van der Waals surface area contributed by atoms with Gasteiger partial charge in [-0.05, 0) is 49.0 Å². The van der Waals surface area contributed by atoms with Crippen LogP contribution in [0.25, 0.3) is 5.69 Å². The van der Waals surface area contributed by atoms with Crippen molar-refractivity contribution in [1.82, 2.24) is 9.78 Å². The molecule has 0 saturated heterocycles. The fourth-order valence-corrected chi connectivity index (χ4v) is 2.59. The zero-order chi connectivity index (χ0) is 19.1. The quantitative estimate of drug-likeness (QED) is 0.675. The van der Waals surface area contributed by atoms with Crippen molar-refractivity contribution in [2.24, 2.45) is 4.99 Å². The second-order valence-corrected chi connectivity index (χ2v) is 6.09. The van der Waals surface area contributed by atoms with Crippen molar-refractivity contribution in [3.8, 4) is 11.6 Å². The molecular weight excluding hydrogens is 363 g/mol. The molecule has 3 rings (SSSR count). The van der Waals surface area contributed by atoms with Crippen LogP contribution >= 0.6 is 12.2 Å². The molecule has 138 valence electrons. The van der Waals surface area contributed by atoms with Gasteiger partial charge in [0.2, 0.25) is 5.88 Å². The van der Waals surface area contributed by atoms with Crippen LogP contribution in [0.2, 0.25) is 0 Å². The number of ether oxygens (including phenoxy) is 1. The zero-order valence-electron chi connectivity index (χ0n) is 14.8. The summed E-state index contributed by atoms with van der Waals surface area (Å²) in [4.78, 5) is 4.33. The molecule has 0 amide bonds. The largest absolute Gasteiger partial charge is 0.478 e. The SMILES string of the molecule is CCCOc1c/c(=N/C(=S)Nc2cccc(F)c2)cnn1-c1ccccc1. The van der Waals surface area contributed by atoms with Crippen molar-refractivity contribution in [1.29, 1.82) is 0 Å². The first kappa shape index (κ1) is 18.7. The third-order valence-electron chi connectivity index (χ3n) is 3.55. The number of hydrogen-bond acceptors (Lipinski definition) is 3. The number of nitrogens with zero attached hydrogens (tertiary/aromatic N) is 3. The summed E-state index contributed by atoms with van der Waals surface area (Å²) in [5.74, 6) is 0.223. The van der Waals surface area contributed by atoms with E-state index in [1.165, 1.54) is 12.1 Å². The molecule has 0 aliphatic heterocycles. The van der Waals surface area contributed by atoms with Crippen molar-refractivity contribution in [3.05, 3.63) is 78.0 Å². The molecular formula is C20H19FN4OS. The molecule has 1 heterocycles. The lowest BCUT2D eigenvalue weighted by Gasteiger charge is -2.12. The Morgan fingerprint density at radius 1 is 1.19 bits per heavy atom. The summed E-state index contributed by atoms with van der Waals surface area (Å²) in [6.07, 6.45) is 2.47. The van der Waals surface area contributed by atoms with E-state index in [0.29, 0.717) is 23.5 Å². The van der Waals surface area contributed by atoms with Gasteiger partial charge in [0.1, 0.15) is 5.82 Å². The lowest BCUT2D eigenvalue weighted by atomic mass is 10.3. The number of nitrogens with one attached hydrogen (secondary N) is 1. The van der Waals surface area contributed by atoms with Crippen molar-refractivity contribution in [2.45, 2.75) is 13.3 Å². The minimum Gasteiger partial charge on any atom is -0.478 e. The van der Waals surface area contributed by atoms with Gasteiger partial charge in [0.25, 0.3) is 0 Å². The summed E-state index contributed by atoms with van der Waals surface area (Å²) < 4.78 is 20.8. The Morgan fingerprint density at radius 3 is 2.74 bits per heavy atom. The smallest absolute Gasteiger partial charge is 0.217 e. The van der Waals surface area contributed by atoms with Crippen LogP contribution in [0.15, 0.2) is 71.9 Å². The third-order valence-corrected chi connectivity index (χ3v) is 3.74. The molecule has 0 radical (unpaired) electrons. The number of halogens is 1. The second kappa shape index (κ2) is 9.05. The second-order valence-electron chi connectivity index (χ2n) is 5.70. The van der Waals surface area contributed by atoms with Gasteiger partial charge < -0.3 is 10.1 Å². The standard InChI is InChI=1S/C20H19FN4OS/c1-2-11-26-19-13-17(14-22-25(19)18-9-4-3-5-10-18)24-20(27)23-16-8-6-7-15(21)12-16/h3-10,12-14H,2,11H2,1H3,(H,23,27)/b24-17-. The van der Waals surface area contributed by atoms with Crippen LogP contribution in [-0.4, -0.2) is 21.5 Å². The van der Waals surface area contributed by atoms with Crippen molar-refractivity contribution < 1.29 is 9.13 Å².